The van der Waals surface area contributed by atoms with E-state index in [1.165, 1.54) is 0 Å². The van der Waals surface area contributed by atoms with Crippen molar-refractivity contribution in [2.45, 2.75) is 32.7 Å². The van der Waals surface area contributed by atoms with Gasteiger partial charge in [-0.25, -0.2) is 15.0 Å². The number of benzene rings is 1. The van der Waals surface area contributed by atoms with Gasteiger partial charge in [0.25, 0.3) is 5.56 Å². The van der Waals surface area contributed by atoms with Gasteiger partial charge < -0.3 is 4.90 Å². The SMILES string of the molecule is Cc1cc(C)nc(N2CCCC2c2nc3ccccc3c(=O)n2C)n1. The summed E-state index contributed by atoms with van der Waals surface area (Å²) in [6, 6.07) is 9.50. The zero-order valence-electron chi connectivity index (χ0n) is 14.7. The predicted molar refractivity (Wildman–Crippen MR) is 97.8 cm³/mol. The van der Waals surface area contributed by atoms with Crippen molar-refractivity contribution < 1.29 is 0 Å². The maximum absolute atomic E-state index is 12.7. The number of hydrogen-bond acceptors (Lipinski definition) is 5. The molecule has 25 heavy (non-hydrogen) atoms. The van der Waals surface area contributed by atoms with Crippen LogP contribution in [0.5, 0.6) is 0 Å². The highest BCUT2D eigenvalue weighted by Crippen LogP contribution is 2.33. The van der Waals surface area contributed by atoms with Crippen LogP contribution in [0.3, 0.4) is 0 Å². The lowest BCUT2D eigenvalue weighted by molar-refractivity contribution is 0.602. The van der Waals surface area contributed by atoms with Gasteiger partial charge in [-0.05, 0) is 44.9 Å². The summed E-state index contributed by atoms with van der Waals surface area (Å²) in [4.78, 5) is 28.9. The maximum atomic E-state index is 12.7. The lowest BCUT2D eigenvalue weighted by atomic mass is 10.1. The summed E-state index contributed by atoms with van der Waals surface area (Å²) in [5.74, 6) is 1.51. The topological polar surface area (TPSA) is 63.9 Å². The van der Waals surface area contributed by atoms with Gasteiger partial charge in [0.1, 0.15) is 5.82 Å². The van der Waals surface area contributed by atoms with E-state index in [0.717, 1.165) is 48.1 Å². The molecule has 0 spiro atoms. The molecule has 0 N–H and O–H groups in total. The van der Waals surface area contributed by atoms with Crippen molar-refractivity contribution in [1.29, 1.82) is 0 Å². The van der Waals surface area contributed by atoms with Gasteiger partial charge in [0.05, 0.1) is 16.9 Å². The van der Waals surface area contributed by atoms with Crippen molar-refractivity contribution in [1.82, 2.24) is 19.5 Å². The first kappa shape index (κ1) is 15.7. The van der Waals surface area contributed by atoms with Gasteiger partial charge in [0, 0.05) is 25.0 Å². The summed E-state index contributed by atoms with van der Waals surface area (Å²) in [6.45, 7) is 4.83. The van der Waals surface area contributed by atoms with E-state index in [1.807, 2.05) is 44.2 Å². The number of rotatable bonds is 2. The van der Waals surface area contributed by atoms with Crippen molar-refractivity contribution in [3.63, 3.8) is 0 Å². The van der Waals surface area contributed by atoms with Crippen LogP contribution in [0.4, 0.5) is 5.95 Å². The Kier molecular flexibility index (Phi) is 3.75. The molecule has 6 heteroatoms. The Balaban J connectivity index is 1.84. The Morgan fingerprint density at radius 2 is 1.80 bits per heavy atom. The van der Waals surface area contributed by atoms with Gasteiger partial charge in [0.2, 0.25) is 5.95 Å². The third-order valence-corrected chi connectivity index (χ3v) is 4.80. The fraction of sp³-hybridized carbons (Fsp3) is 0.368. The van der Waals surface area contributed by atoms with Crippen LogP contribution in [0.1, 0.15) is 36.1 Å². The van der Waals surface area contributed by atoms with Crippen LogP contribution < -0.4 is 10.5 Å². The molecule has 1 aliphatic heterocycles. The molecular formula is C19H21N5O. The molecule has 0 amide bonds. The molecule has 1 aliphatic rings. The van der Waals surface area contributed by atoms with E-state index >= 15 is 0 Å². The Bertz CT molecular complexity index is 990. The van der Waals surface area contributed by atoms with Crippen molar-refractivity contribution >= 4 is 16.9 Å². The predicted octanol–water partition coefficient (Wildman–Crippen LogP) is 2.68. The second-order valence-corrected chi connectivity index (χ2v) is 6.65. The molecule has 6 nitrogen and oxygen atoms in total. The number of anilines is 1. The maximum Gasteiger partial charge on any atom is 0.261 e. The summed E-state index contributed by atoms with van der Waals surface area (Å²) < 4.78 is 1.67. The summed E-state index contributed by atoms with van der Waals surface area (Å²) in [5, 5.41) is 0.654. The lowest BCUT2D eigenvalue weighted by Crippen LogP contribution is -2.31. The van der Waals surface area contributed by atoms with E-state index in [0.29, 0.717) is 5.39 Å². The molecule has 3 heterocycles. The van der Waals surface area contributed by atoms with Crippen LogP contribution in [0.25, 0.3) is 10.9 Å². The standard InChI is InChI=1S/C19H21N5O/c1-12-11-13(2)21-19(20-12)24-10-6-9-16(24)17-22-15-8-5-4-7-14(15)18(25)23(17)3/h4-5,7-8,11,16H,6,9-10H2,1-3H3. The zero-order chi connectivity index (χ0) is 17.6. The molecule has 1 unspecified atom stereocenters. The first-order valence-corrected chi connectivity index (χ1v) is 8.59. The first-order chi connectivity index (χ1) is 12.0. The van der Waals surface area contributed by atoms with Crippen molar-refractivity contribution in [2.24, 2.45) is 7.05 Å². The summed E-state index contributed by atoms with van der Waals surface area (Å²) in [5.41, 5.74) is 2.64. The van der Waals surface area contributed by atoms with Crippen molar-refractivity contribution in [3.05, 3.63) is 57.9 Å². The average molecular weight is 335 g/mol. The molecule has 0 saturated carbocycles. The van der Waals surface area contributed by atoms with Gasteiger partial charge in [-0.1, -0.05) is 12.1 Å². The van der Waals surface area contributed by atoms with Gasteiger partial charge in [-0.15, -0.1) is 0 Å². The van der Waals surface area contributed by atoms with Crippen LogP contribution in [0, 0.1) is 13.8 Å². The van der Waals surface area contributed by atoms with Crippen LogP contribution in [-0.2, 0) is 7.05 Å². The molecular weight excluding hydrogens is 314 g/mol. The summed E-state index contributed by atoms with van der Waals surface area (Å²) in [7, 11) is 1.80. The molecule has 1 fully saturated rings. The highest BCUT2D eigenvalue weighted by Gasteiger charge is 2.31. The second-order valence-electron chi connectivity index (χ2n) is 6.65. The van der Waals surface area contributed by atoms with E-state index in [9.17, 15) is 4.79 Å². The van der Waals surface area contributed by atoms with Crippen LogP contribution in [-0.4, -0.2) is 26.1 Å². The van der Waals surface area contributed by atoms with Crippen molar-refractivity contribution in [2.75, 3.05) is 11.4 Å². The summed E-state index contributed by atoms with van der Waals surface area (Å²) in [6.07, 6.45) is 1.97. The smallest absolute Gasteiger partial charge is 0.261 e. The average Bonchev–Trinajstić information content (AvgIpc) is 3.07. The fourth-order valence-electron chi connectivity index (χ4n) is 3.64. The van der Waals surface area contributed by atoms with Crippen LogP contribution >= 0.6 is 0 Å². The van der Waals surface area contributed by atoms with Crippen molar-refractivity contribution in [3.8, 4) is 0 Å². The number of nitrogens with zero attached hydrogens (tertiary/aromatic N) is 5. The number of aromatic nitrogens is 4. The van der Waals surface area contributed by atoms with E-state index in [1.54, 1.807) is 11.6 Å². The van der Waals surface area contributed by atoms with E-state index in [-0.39, 0.29) is 11.6 Å². The minimum Gasteiger partial charge on any atom is -0.331 e. The molecule has 1 atom stereocenters. The zero-order valence-corrected chi connectivity index (χ0v) is 14.7. The van der Waals surface area contributed by atoms with Gasteiger partial charge >= 0.3 is 0 Å². The normalized spacial score (nSPS) is 17.4. The minimum absolute atomic E-state index is 0.00575. The third kappa shape index (κ3) is 2.67. The molecule has 4 rings (SSSR count). The number of hydrogen-bond donors (Lipinski definition) is 0. The molecule has 0 radical (unpaired) electrons. The number of para-hydroxylation sites is 1. The Morgan fingerprint density at radius 1 is 1.08 bits per heavy atom. The third-order valence-electron chi connectivity index (χ3n) is 4.80. The first-order valence-electron chi connectivity index (χ1n) is 8.59. The lowest BCUT2D eigenvalue weighted by Gasteiger charge is -2.26. The Hall–Kier alpha value is -2.76. The Labute approximate surface area is 146 Å². The van der Waals surface area contributed by atoms with E-state index < -0.39 is 0 Å². The molecule has 0 aliphatic carbocycles. The quantitative estimate of drug-likeness (QED) is 0.720. The Morgan fingerprint density at radius 3 is 2.56 bits per heavy atom. The van der Waals surface area contributed by atoms with Crippen LogP contribution in [0.15, 0.2) is 35.1 Å². The molecule has 1 aromatic carbocycles. The van der Waals surface area contributed by atoms with Crippen LogP contribution in [0.2, 0.25) is 0 Å². The summed E-state index contributed by atoms with van der Waals surface area (Å²) >= 11 is 0. The highest BCUT2D eigenvalue weighted by molar-refractivity contribution is 5.77. The highest BCUT2D eigenvalue weighted by atomic mass is 16.1. The second kappa shape index (κ2) is 5.95. The fourth-order valence-corrected chi connectivity index (χ4v) is 3.64. The molecule has 3 aromatic rings. The molecule has 0 bridgehead atoms. The monoisotopic (exact) mass is 335 g/mol. The van der Waals surface area contributed by atoms with Gasteiger partial charge in [-0.2, -0.15) is 0 Å². The number of aryl methyl sites for hydroxylation is 2. The minimum atomic E-state index is -0.00575. The van der Waals surface area contributed by atoms with Gasteiger partial charge in [0.15, 0.2) is 0 Å². The molecule has 2 aromatic heterocycles. The molecule has 128 valence electrons. The van der Waals surface area contributed by atoms with Gasteiger partial charge in [-0.3, -0.25) is 9.36 Å². The number of fused-ring (bicyclic) bond motifs is 1. The van der Waals surface area contributed by atoms with E-state index in [4.69, 9.17) is 4.98 Å². The largest absolute Gasteiger partial charge is 0.331 e. The molecule has 1 saturated heterocycles. The van der Waals surface area contributed by atoms with E-state index in [2.05, 4.69) is 14.9 Å².